The quantitative estimate of drug-likeness (QED) is 0.792. The predicted molar refractivity (Wildman–Crippen MR) is 63.4 cm³/mol. The highest BCUT2D eigenvalue weighted by Crippen LogP contribution is 2.34. The molecule has 0 aromatic carbocycles. The average molecular weight is 222 g/mol. The van der Waals surface area contributed by atoms with Crippen LogP contribution in [0.1, 0.15) is 26.2 Å². The van der Waals surface area contributed by atoms with E-state index in [0.29, 0.717) is 11.9 Å². The van der Waals surface area contributed by atoms with E-state index in [-0.39, 0.29) is 5.95 Å². The Bertz CT molecular complexity index is 365. The molecule has 1 aromatic rings. The molecule has 1 saturated carbocycles. The second-order valence-corrected chi connectivity index (χ2v) is 4.38. The summed E-state index contributed by atoms with van der Waals surface area (Å²) in [6.45, 7) is 2.16. The first kappa shape index (κ1) is 11.0. The molecule has 1 aromatic heterocycles. The Morgan fingerprint density at radius 2 is 2.31 bits per heavy atom. The van der Waals surface area contributed by atoms with E-state index < -0.39 is 0 Å². The van der Waals surface area contributed by atoms with E-state index in [1.54, 1.807) is 13.2 Å². The lowest BCUT2D eigenvalue weighted by molar-refractivity contribution is 0.398. The number of nitrogens with one attached hydrogen (secondary N) is 1. The van der Waals surface area contributed by atoms with Gasteiger partial charge in [-0.1, -0.05) is 12.8 Å². The molecular formula is C11H18N4O. The van der Waals surface area contributed by atoms with Crippen molar-refractivity contribution >= 4 is 11.8 Å². The maximum Gasteiger partial charge on any atom is 0.225 e. The summed E-state index contributed by atoms with van der Waals surface area (Å²) in [5, 5.41) is 3.32. The van der Waals surface area contributed by atoms with E-state index in [9.17, 15) is 0 Å². The van der Waals surface area contributed by atoms with Gasteiger partial charge < -0.3 is 15.8 Å². The molecule has 0 radical (unpaired) electrons. The van der Waals surface area contributed by atoms with Crippen LogP contribution in [-0.2, 0) is 0 Å². The Morgan fingerprint density at radius 1 is 1.56 bits per heavy atom. The summed E-state index contributed by atoms with van der Waals surface area (Å²) in [5.41, 5.74) is 5.58. The zero-order valence-electron chi connectivity index (χ0n) is 9.73. The lowest BCUT2D eigenvalue weighted by atomic mass is 10.1. The van der Waals surface area contributed by atoms with Crippen LogP contribution in [0.4, 0.5) is 11.8 Å². The van der Waals surface area contributed by atoms with Crippen LogP contribution in [0.2, 0.25) is 0 Å². The summed E-state index contributed by atoms with van der Waals surface area (Å²) in [6, 6.07) is 2.17. The molecule has 1 aliphatic rings. The molecule has 0 bridgehead atoms. The van der Waals surface area contributed by atoms with Crippen molar-refractivity contribution in [2.45, 2.75) is 32.2 Å². The molecule has 1 unspecified atom stereocenters. The smallest absolute Gasteiger partial charge is 0.225 e. The van der Waals surface area contributed by atoms with E-state index in [2.05, 4.69) is 22.2 Å². The largest absolute Gasteiger partial charge is 0.481 e. The lowest BCUT2D eigenvalue weighted by Gasteiger charge is -2.14. The molecule has 88 valence electrons. The maximum atomic E-state index is 5.58. The van der Waals surface area contributed by atoms with Gasteiger partial charge in [-0.15, -0.1) is 0 Å². The van der Waals surface area contributed by atoms with Gasteiger partial charge in [0, 0.05) is 12.1 Å². The predicted octanol–water partition coefficient (Wildman–Crippen LogP) is 1.67. The van der Waals surface area contributed by atoms with Gasteiger partial charge in [-0.25, -0.2) is 0 Å². The third-order valence-electron chi connectivity index (χ3n) is 2.71. The van der Waals surface area contributed by atoms with E-state index in [4.69, 9.17) is 10.5 Å². The van der Waals surface area contributed by atoms with E-state index in [0.717, 1.165) is 11.7 Å². The first-order valence-electron chi connectivity index (χ1n) is 5.62. The van der Waals surface area contributed by atoms with Crippen LogP contribution < -0.4 is 15.8 Å². The van der Waals surface area contributed by atoms with Crippen LogP contribution in [0, 0.1) is 5.92 Å². The third-order valence-corrected chi connectivity index (χ3v) is 2.71. The van der Waals surface area contributed by atoms with Crippen LogP contribution in [-0.4, -0.2) is 23.1 Å². The first-order valence-corrected chi connectivity index (χ1v) is 5.62. The fourth-order valence-corrected chi connectivity index (χ4v) is 1.79. The van der Waals surface area contributed by atoms with Crippen LogP contribution in [0.15, 0.2) is 6.07 Å². The number of anilines is 2. The van der Waals surface area contributed by atoms with Crippen molar-refractivity contribution in [3.8, 4) is 5.88 Å². The second-order valence-electron chi connectivity index (χ2n) is 4.38. The van der Waals surface area contributed by atoms with Crippen molar-refractivity contribution in [1.82, 2.24) is 9.97 Å². The summed E-state index contributed by atoms with van der Waals surface area (Å²) in [5.74, 6) is 2.36. The number of rotatable bonds is 5. The van der Waals surface area contributed by atoms with Gasteiger partial charge in [-0.2, -0.15) is 9.97 Å². The number of methoxy groups -OCH3 is 1. The Kier molecular flexibility index (Phi) is 3.12. The number of nitrogen functional groups attached to an aromatic ring is 1. The molecule has 1 heterocycles. The normalized spacial score (nSPS) is 16.9. The number of hydrogen-bond donors (Lipinski definition) is 2. The molecule has 0 spiro atoms. The van der Waals surface area contributed by atoms with Crippen LogP contribution >= 0.6 is 0 Å². The summed E-state index contributed by atoms with van der Waals surface area (Å²) in [4.78, 5) is 8.06. The number of ether oxygens (including phenoxy) is 1. The molecule has 0 aliphatic heterocycles. The van der Waals surface area contributed by atoms with Gasteiger partial charge in [0.1, 0.15) is 5.82 Å². The molecule has 1 aliphatic carbocycles. The van der Waals surface area contributed by atoms with E-state index >= 15 is 0 Å². The number of aromatic nitrogens is 2. The summed E-state index contributed by atoms with van der Waals surface area (Å²) in [6.07, 6.45) is 3.91. The number of nitrogens with two attached hydrogens (primary N) is 1. The zero-order chi connectivity index (χ0) is 11.5. The fourth-order valence-electron chi connectivity index (χ4n) is 1.79. The van der Waals surface area contributed by atoms with Crippen LogP contribution in [0.3, 0.4) is 0 Å². The SMILES string of the molecule is COc1cc(NC(C)CC2CC2)nc(N)n1. The minimum absolute atomic E-state index is 0.237. The molecule has 1 atom stereocenters. The molecule has 0 amide bonds. The summed E-state index contributed by atoms with van der Waals surface area (Å²) in [7, 11) is 1.57. The first-order chi connectivity index (χ1) is 7.67. The van der Waals surface area contributed by atoms with Crippen LogP contribution in [0.25, 0.3) is 0 Å². The van der Waals surface area contributed by atoms with Crippen molar-refractivity contribution in [2.75, 3.05) is 18.2 Å². The highest BCUT2D eigenvalue weighted by atomic mass is 16.5. The van der Waals surface area contributed by atoms with Gasteiger partial charge in [0.05, 0.1) is 7.11 Å². The van der Waals surface area contributed by atoms with E-state index in [1.807, 2.05) is 0 Å². The molecule has 2 rings (SSSR count). The Balaban J connectivity index is 1.98. The maximum absolute atomic E-state index is 5.58. The fraction of sp³-hybridized carbons (Fsp3) is 0.636. The highest BCUT2D eigenvalue weighted by molar-refractivity contribution is 5.43. The van der Waals surface area contributed by atoms with Crippen molar-refractivity contribution in [3.05, 3.63) is 6.07 Å². The molecule has 1 fully saturated rings. The monoisotopic (exact) mass is 222 g/mol. The lowest BCUT2D eigenvalue weighted by Crippen LogP contribution is -2.17. The van der Waals surface area contributed by atoms with Gasteiger partial charge >= 0.3 is 0 Å². The Morgan fingerprint density at radius 3 is 2.94 bits per heavy atom. The van der Waals surface area contributed by atoms with Gasteiger partial charge in [-0.3, -0.25) is 0 Å². The average Bonchev–Trinajstić information content (AvgIpc) is 3.00. The van der Waals surface area contributed by atoms with Crippen molar-refractivity contribution in [2.24, 2.45) is 5.92 Å². The van der Waals surface area contributed by atoms with E-state index in [1.165, 1.54) is 19.3 Å². The molecule has 16 heavy (non-hydrogen) atoms. The number of nitrogens with zero attached hydrogens (tertiary/aromatic N) is 2. The highest BCUT2D eigenvalue weighted by Gasteiger charge is 2.23. The Labute approximate surface area is 95.4 Å². The summed E-state index contributed by atoms with van der Waals surface area (Å²) < 4.78 is 5.04. The standard InChI is InChI=1S/C11H18N4O/c1-7(5-8-3-4-8)13-9-6-10(16-2)15-11(12)14-9/h6-8H,3-5H2,1-2H3,(H3,12,13,14,15). The van der Waals surface area contributed by atoms with Crippen molar-refractivity contribution < 1.29 is 4.74 Å². The van der Waals surface area contributed by atoms with Gasteiger partial charge in [-0.05, 0) is 19.3 Å². The van der Waals surface area contributed by atoms with Crippen molar-refractivity contribution in [1.29, 1.82) is 0 Å². The minimum atomic E-state index is 0.237. The molecule has 3 N–H and O–H groups in total. The van der Waals surface area contributed by atoms with Crippen molar-refractivity contribution in [3.63, 3.8) is 0 Å². The third kappa shape index (κ3) is 2.98. The van der Waals surface area contributed by atoms with Gasteiger partial charge in [0.15, 0.2) is 0 Å². The molecule has 0 saturated heterocycles. The minimum Gasteiger partial charge on any atom is -0.481 e. The second kappa shape index (κ2) is 4.55. The van der Waals surface area contributed by atoms with Crippen LogP contribution in [0.5, 0.6) is 5.88 Å². The molecule has 5 heteroatoms. The topological polar surface area (TPSA) is 73.1 Å². The van der Waals surface area contributed by atoms with Gasteiger partial charge in [0.25, 0.3) is 0 Å². The zero-order valence-corrected chi connectivity index (χ0v) is 9.73. The summed E-state index contributed by atoms with van der Waals surface area (Å²) >= 11 is 0. The molecule has 5 nitrogen and oxygen atoms in total. The number of hydrogen-bond acceptors (Lipinski definition) is 5. The molecular weight excluding hydrogens is 204 g/mol. The Hall–Kier alpha value is -1.52. The van der Waals surface area contributed by atoms with Gasteiger partial charge in [0.2, 0.25) is 11.8 Å².